The molecule has 0 spiro atoms. The zero-order valence-corrected chi connectivity index (χ0v) is 14.1. The Morgan fingerprint density at radius 3 is 2.60 bits per heavy atom. The molecule has 1 aromatic heterocycles. The minimum absolute atomic E-state index is 0.806. The van der Waals surface area contributed by atoms with Gasteiger partial charge in [0.2, 0.25) is 0 Å². The molecular formula is C16H20BrNOS. The average Bonchev–Trinajstić information content (AvgIpc) is 2.87. The van der Waals surface area contributed by atoms with Crippen molar-refractivity contribution < 1.29 is 4.74 Å². The first kappa shape index (κ1) is 15.5. The summed E-state index contributed by atoms with van der Waals surface area (Å²) in [6.45, 7) is 4.75. The molecule has 1 heterocycles. The standard InChI is InChI=1S/C16H20BrNOS/c1-2-3-9-19-14-6-4-13(5-7-14)11-18-12-16-15(17)8-10-20-16/h4-8,10,18H,2-3,9,11-12H2,1H3. The summed E-state index contributed by atoms with van der Waals surface area (Å²) in [4.78, 5) is 1.34. The number of hydrogen-bond donors (Lipinski definition) is 1. The molecule has 2 nitrogen and oxygen atoms in total. The second-order valence-electron chi connectivity index (χ2n) is 4.64. The molecule has 0 bridgehead atoms. The second kappa shape index (κ2) is 8.45. The van der Waals surface area contributed by atoms with Crippen LogP contribution in [-0.4, -0.2) is 6.61 Å². The molecule has 0 unspecified atom stereocenters. The van der Waals surface area contributed by atoms with Crippen LogP contribution in [0.1, 0.15) is 30.2 Å². The molecule has 0 atom stereocenters. The zero-order valence-electron chi connectivity index (χ0n) is 11.7. The van der Waals surface area contributed by atoms with Crippen LogP contribution >= 0.6 is 27.3 Å². The number of unbranched alkanes of at least 4 members (excludes halogenated alkanes) is 1. The lowest BCUT2D eigenvalue weighted by Gasteiger charge is -2.07. The van der Waals surface area contributed by atoms with E-state index in [4.69, 9.17) is 4.74 Å². The fourth-order valence-corrected chi connectivity index (χ4v) is 3.27. The van der Waals surface area contributed by atoms with Crippen LogP contribution in [0.5, 0.6) is 5.75 Å². The summed E-state index contributed by atoms with van der Waals surface area (Å²) < 4.78 is 6.85. The van der Waals surface area contributed by atoms with Crippen molar-refractivity contribution >= 4 is 27.3 Å². The van der Waals surface area contributed by atoms with Crippen molar-refractivity contribution in [3.8, 4) is 5.75 Å². The maximum Gasteiger partial charge on any atom is 0.119 e. The maximum absolute atomic E-state index is 5.66. The number of halogens is 1. The van der Waals surface area contributed by atoms with E-state index in [-0.39, 0.29) is 0 Å². The van der Waals surface area contributed by atoms with Crippen LogP contribution in [0.2, 0.25) is 0 Å². The van der Waals surface area contributed by atoms with Gasteiger partial charge < -0.3 is 10.1 Å². The third kappa shape index (κ3) is 4.93. The molecule has 0 aliphatic rings. The van der Waals surface area contributed by atoms with Gasteiger partial charge in [0.1, 0.15) is 5.75 Å². The molecule has 4 heteroatoms. The molecule has 1 N–H and O–H groups in total. The predicted octanol–water partition coefficient (Wildman–Crippen LogP) is 4.98. The van der Waals surface area contributed by atoms with Gasteiger partial charge in [0, 0.05) is 22.4 Å². The summed E-state index contributed by atoms with van der Waals surface area (Å²) >= 11 is 5.31. The van der Waals surface area contributed by atoms with Crippen molar-refractivity contribution in [2.24, 2.45) is 0 Å². The van der Waals surface area contributed by atoms with Gasteiger partial charge >= 0.3 is 0 Å². The molecule has 2 aromatic rings. The van der Waals surface area contributed by atoms with Gasteiger partial charge in [-0.25, -0.2) is 0 Å². The van der Waals surface area contributed by atoms with E-state index in [0.29, 0.717) is 0 Å². The lowest BCUT2D eigenvalue weighted by molar-refractivity contribution is 0.309. The van der Waals surface area contributed by atoms with Crippen LogP contribution < -0.4 is 10.1 Å². The lowest BCUT2D eigenvalue weighted by Crippen LogP contribution is -2.11. The van der Waals surface area contributed by atoms with Crippen molar-refractivity contribution in [3.63, 3.8) is 0 Å². The third-order valence-corrected chi connectivity index (χ3v) is 4.92. The van der Waals surface area contributed by atoms with Gasteiger partial charge in [-0.05, 0) is 51.5 Å². The highest BCUT2D eigenvalue weighted by Gasteiger charge is 2.01. The Kier molecular flexibility index (Phi) is 6.57. The second-order valence-corrected chi connectivity index (χ2v) is 6.50. The largest absolute Gasteiger partial charge is 0.494 e. The van der Waals surface area contributed by atoms with E-state index in [2.05, 4.69) is 51.7 Å². The van der Waals surface area contributed by atoms with Crippen LogP contribution in [0.25, 0.3) is 0 Å². The highest BCUT2D eigenvalue weighted by Crippen LogP contribution is 2.22. The number of benzene rings is 1. The van der Waals surface area contributed by atoms with E-state index in [1.54, 1.807) is 11.3 Å². The van der Waals surface area contributed by atoms with Gasteiger partial charge in [-0.3, -0.25) is 0 Å². The van der Waals surface area contributed by atoms with Crippen LogP contribution in [0.4, 0.5) is 0 Å². The monoisotopic (exact) mass is 353 g/mol. The van der Waals surface area contributed by atoms with E-state index < -0.39 is 0 Å². The van der Waals surface area contributed by atoms with Crippen molar-refractivity contribution in [1.82, 2.24) is 5.32 Å². The topological polar surface area (TPSA) is 21.3 Å². The molecular weight excluding hydrogens is 334 g/mol. The normalized spacial score (nSPS) is 10.7. The van der Waals surface area contributed by atoms with Crippen LogP contribution in [0, 0.1) is 0 Å². The molecule has 0 amide bonds. The third-order valence-electron chi connectivity index (χ3n) is 3.00. The molecule has 0 aliphatic carbocycles. The van der Waals surface area contributed by atoms with Gasteiger partial charge in [0.15, 0.2) is 0 Å². The van der Waals surface area contributed by atoms with E-state index in [1.807, 2.05) is 12.1 Å². The van der Waals surface area contributed by atoms with Crippen molar-refractivity contribution in [1.29, 1.82) is 0 Å². The number of ether oxygens (including phenoxy) is 1. The fraction of sp³-hybridized carbons (Fsp3) is 0.375. The molecule has 2 rings (SSSR count). The summed E-state index contributed by atoms with van der Waals surface area (Å²) in [5.74, 6) is 0.961. The SMILES string of the molecule is CCCCOc1ccc(CNCc2sccc2Br)cc1. The average molecular weight is 354 g/mol. The smallest absolute Gasteiger partial charge is 0.119 e. The predicted molar refractivity (Wildman–Crippen MR) is 89.4 cm³/mol. The highest BCUT2D eigenvalue weighted by molar-refractivity contribution is 9.10. The molecule has 0 fully saturated rings. The van der Waals surface area contributed by atoms with Crippen molar-refractivity contribution in [2.75, 3.05) is 6.61 Å². The molecule has 0 saturated carbocycles. The molecule has 20 heavy (non-hydrogen) atoms. The lowest BCUT2D eigenvalue weighted by atomic mass is 10.2. The van der Waals surface area contributed by atoms with Crippen LogP contribution in [-0.2, 0) is 13.1 Å². The Labute approximate surface area is 133 Å². The minimum Gasteiger partial charge on any atom is -0.494 e. The first-order chi connectivity index (χ1) is 9.79. The molecule has 0 radical (unpaired) electrons. The van der Waals surface area contributed by atoms with Crippen LogP contribution in [0.3, 0.4) is 0 Å². The first-order valence-corrected chi connectivity index (χ1v) is 8.61. The van der Waals surface area contributed by atoms with Crippen molar-refractivity contribution in [2.45, 2.75) is 32.9 Å². The Morgan fingerprint density at radius 1 is 1.15 bits per heavy atom. The number of rotatable bonds is 8. The number of hydrogen-bond acceptors (Lipinski definition) is 3. The fourth-order valence-electron chi connectivity index (χ4n) is 1.81. The first-order valence-electron chi connectivity index (χ1n) is 6.94. The molecule has 0 saturated heterocycles. The Balaban J connectivity index is 1.74. The molecule has 1 aromatic carbocycles. The van der Waals surface area contributed by atoms with Gasteiger partial charge in [0.05, 0.1) is 6.61 Å². The van der Waals surface area contributed by atoms with E-state index >= 15 is 0 Å². The van der Waals surface area contributed by atoms with Gasteiger partial charge in [-0.2, -0.15) is 0 Å². The molecule has 0 aliphatic heterocycles. The van der Waals surface area contributed by atoms with E-state index in [1.165, 1.54) is 21.3 Å². The van der Waals surface area contributed by atoms with Gasteiger partial charge in [-0.15, -0.1) is 11.3 Å². The van der Waals surface area contributed by atoms with Gasteiger partial charge in [0.25, 0.3) is 0 Å². The zero-order chi connectivity index (χ0) is 14.2. The quantitative estimate of drug-likeness (QED) is 0.675. The summed E-state index contributed by atoms with van der Waals surface area (Å²) in [7, 11) is 0. The summed E-state index contributed by atoms with van der Waals surface area (Å²) in [6, 6.07) is 10.4. The van der Waals surface area contributed by atoms with E-state index in [9.17, 15) is 0 Å². The summed E-state index contributed by atoms with van der Waals surface area (Å²) in [5, 5.41) is 5.56. The van der Waals surface area contributed by atoms with E-state index in [0.717, 1.165) is 31.9 Å². The summed E-state index contributed by atoms with van der Waals surface area (Å²) in [6.07, 6.45) is 2.28. The Hall–Kier alpha value is -0.840. The Bertz CT molecular complexity index is 509. The minimum atomic E-state index is 0.806. The highest BCUT2D eigenvalue weighted by atomic mass is 79.9. The Morgan fingerprint density at radius 2 is 1.95 bits per heavy atom. The van der Waals surface area contributed by atoms with Crippen molar-refractivity contribution in [3.05, 3.63) is 50.6 Å². The van der Waals surface area contributed by atoms with Crippen LogP contribution in [0.15, 0.2) is 40.2 Å². The molecule has 108 valence electrons. The van der Waals surface area contributed by atoms with Gasteiger partial charge in [-0.1, -0.05) is 25.5 Å². The number of thiophene rings is 1. The maximum atomic E-state index is 5.66. The number of nitrogens with one attached hydrogen (secondary N) is 1. The summed E-state index contributed by atoms with van der Waals surface area (Å²) in [5.41, 5.74) is 1.28.